The Hall–Kier alpha value is -1.84. The van der Waals surface area contributed by atoms with Crippen molar-refractivity contribution in [1.29, 1.82) is 0 Å². The number of rotatable bonds is 4. The summed E-state index contributed by atoms with van der Waals surface area (Å²) in [5, 5.41) is 3.04. The fraction of sp³-hybridized carbons (Fsp3) is 0.600. The summed E-state index contributed by atoms with van der Waals surface area (Å²) in [6, 6.07) is 8.68. The summed E-state index contributed by atoms with van der Waals surface area (Å²) in [7, 11) is 0. The first-order chi connectivity index (χ1) is 11.7. The number of carbonyl (C=O) groups is 2. The molecule has 0 unspecified atom stereocenters. The number of amides is 2. The number of nitrogens with zero attached hydrogens (tertiary/aromatic N) is 1. The maximum Gasteiger partial charge on any atom is 0.223 e. The van der Waals surface area contributed by atoms with E-state index in [1.54, 1.807) is 0 Å². The molecule has 4 nitrogen and oxygen atoms in total. The van der Waals surface area contributed by atoms with Crippen LogP contribution in [0.15, 0.2) is 24.3 Å². The third kappa shape index (κ3) is 3.97. The van der Waals surface area contributed by atoms with E-state index in [4.69, 9.17) is 0 Å². The topological polar surface area (TPSA) is 49.4 Å². The number of fused-ring (bicyclic) bond motifs is 1. The Labute approximate surface area is 144 Å². The van der Waals surface area contributed by atoms with E-state index in [0.29, 0.717) is 25.3 Å². The van der Waals surface area contributed by atoms with E-state index in [2.05, 4.69) is 29.6 Å². The Kier molecular flexibility index (Phi) is 5.54. The molecule has 1 heterocycles. The van der Waals surface area contributed by atoms with Crippen molar-refractivity contribution in [1.82, 2.24) is 10.2 Å². The van der Waals surface area contributed by atoms with Gasteiger partial charge in [0.05, 0.1) is 0 Å². The molecule has 1 N–H and O–H groups in total. The number of carbonyl (C=O) groups excluding carboxylic acids is 2. The zero-order chi connectivity index (χ0) is 16.9. The van der Waals surface area contributed by atoms with Crippen LogP contribution in [0, 0.1) is 0 Å². The lowest BCUT2D eigenvalue weighted by atomic mass is 9.81. The zero-order valence-electron chi connectivity index (χ0n) is 14.6. The van der Waals surface area contributed by atoms with Gasteiger partial charge in [-0.15, -0.1) is 0 Å². The number of hydrogen-bond acceptors (Lipinski definition) is 2. The van der Waals surface area contributed by atoms with Crippen LogP contribution in [-0.4, -0.2) is 35.8 Å². The second-order valence-electron chi connectivity index (χ2n) is 7.09. The molecule has 0 spiro atoms. The van der Waals surface area contributed by atoms with Crippen LogP contribution in [0.3, 0.4) is 0 Å². The van der Waals surface area contributed by atoms with Gasteiger partial charge in [0.1, 0.15) is 0 Å². The Morgan fingerprint density at radius 2 is 2.04 bits per heavy atom. The minimum absolute atomic E-state index is 0.0792. The first kappa shape index (κ1) is 17.0. The Balaban J connectivity index is 1.60. The number of nitrogens with one attached hydrogen (secondary N) is 1. The number of benzene rings is 1. The van der Waals surface area contributed by atoms with E-state index >= 15 is 0 Å². The van der Waals surface area contributed by atoms with Gasteiger partial charge >= 0.3 is 0 Å². The van der Waals surface area contributed by atoms with Crippen molar-refractivity contribution in [2.45, 2.75) is 63.8 Å². The van der Waals surface area contributed by atoms with Crippen LogP contribution >= 0.6 is 0 Å². The lowest BCUT2D eigenvalue weighted by Crippen LogP contribution is -2.49. The fourth-order valence-corrected chi connectivity index (χ4v) is 4.06. The highest BCUT2D eigenvalue weighted by Gasteiger charge is 2.28. The van der Waals surface area contributed by atoms with Crippen LogP contribution in [0.4, 0.5) is 0 Å². The molecule has 0 bridgehead atoms. The van der Waals surface area contributed by atoms with Gasteiger partial charge in [-0.1, -0.05) is 31.2 Å². The van der Waals surface area contributed by atoms with E-state index in [9.17, 15) is 9.59 Å². The summed E-state index contributed by atoms with van der Waals surface area (Å²) in [6.07, 6.45) is 6.46. The molecular formula is C20H28N2O2. The van der Waals surface area contributed by atoms with Gasteiger partial charge in [0.2, 0.25) is 11.8 Å². The summed E-state index contributed by atoms with van der Waals surface area (Å²) in [5.74, 6) is 0.677. The van der Waals surface area contributed by atoms with E-state index in [1.165, 1.54) is 17.5 Å². The molecule has 0 saturated carbocycles. The Morgan fingerprint density at radius 1 is 1.21 bits per heavy atom. The number of likely N-dealkylation sites (tertiary alicyclic amines) is 1. The van der Waals surface area contributed by atoms with Crippen molar-refractivity contribution < 1.29 is 9.59 Å². The minimum atomic E-state index is 0.0792. The van der Waals surface area contributed by atoms with Crippen molar-refractivity contribution in [3.05, 3.63) is 35.4 Å². The predicted octanol–water partition coefficient (Wildman–Crippen LogP) is 3.01. The molecule has 1 aliphatic heterocycles. The second kappa shape index (κ2) is 7.82. The Morgan fingerprint density at radius 3 is 2.88 bits per heavy atom. The monoisotopic (exact) mass is 328 g/mol. The molecule has 1 aliphatic carbocycles. The largest absolute Gasteiger partial charge is 0.352 e. The highest BCUT2D eigenvalue weighted by molar-refractivity contribution is 5.78. The molecule has 0 radical (unpaired) electrons. The van der Waals surface area contributed by atoms with Gasteiger partial charge in [0, 0.05) is 32.0 Å². The van der Waals surface area contributed by atoms with Crippen LogP contribution in [0.1, 0.15) is 62.5 Å². The molecule has 1 saturated heterocycles. The summed E-state index contributed by atoms with van der Waals surface area (Å²) in [6.45, 7) is 3.35. The number of aryl methyl sites for hydroxylation is 1. The molecule has 2 amide bonds. The average molecular weight is 328 g/mol. The van der Waals surface area contributed by atoms with Gasteiger partial charge < -0.3 is 10.2 Å². The third-order valence-electron chi connectivity index (χ3n) is 5.37. The molecule has 4 heteroatoms. The maximum atomic E-state index is 12.8. The molecule has 2 atom stereocenters. The highest BCUT2D eigenvalue weighted by atomic mass is 16.2. The first-order valence-corrected chi connectivity index (χ1v) is 9.32. The van der Waals surface area contributed by atoms with Crippen LogP contribution in [0.2, 0.25) is 0 Å². The Bertz CT molecular complexity index is 599. The van der Waals surface area contributed by atoms with Crippen LogP contribution in [-0.2, 0) is 16.0 Å². The summed E-state index contributed by atoms with van der Waals surface area (Å²) in [5.41, 5.74) is 2.78. The van der Waals surface area contributed by atoms with Gasteiger partial charge in [0.15, 0.2) is 0 Å². The number of hydrogen-bond donors (Lipinski definition) is 1. The number of piperidine rings is 1. The SMILES string of the molecule is CCC(=O)N[C@H]1CCCN(C(=O)C[C@@H]2CCCc3ccccc32)C1. The van der Waals surface area contributed by atoms with Crippen molar-refractivity contribution in [2.75, 3.05) is 13.1 Å². The van der Waals surface area contributed by atoms with Gasteiger partial charge in [-0.2, -0.15) is 0 Å². The molecule has 1 fully saturated rings. The lowest BCUT2D eigenvalue weighted by Gasteiger charge is -2.35. The quantitative estimate of drug-likeness (QED) is 0.923. The molecular weight excluding hydrogens is 300 g/mol. The van der Waals surface area contributed by atoms with E-state index in [1.807, 2.05) is 11.8 Å². The summed E-state index contributed by atoms with van der Waals surface area (Å²) >= 11 is 0. The van der Waals surface area contributed by atoms with Gasteiger partial charge in [-0.3, -0.25) is 9.59 Å². The summed E-state index contributed by atoms with van der Waals surface area (Å²) in [4.78, 5) is 26.3. The maximum absolute atomic E-state index is 12.8. The van der Waals surface area contributed by atoms with Crippen LogP contribution < -0.4 is 5.32 Å². The first-order valence-electron chi connectivity index (χ1n) is 9.32. The molecule has 1 aromatic rings. The lowest BCUT2D eigenvalue weighted by molar-refractivity contribution is -0.134. The molecule has 1 aromatic carbocycles. The zero-order valence-corrected chi connectivity index (χ0v) is 14.6. The third-order valence-corrected chi connectivity index (χ3v) is 5.37. The van der Waals surface area contributed by atoms with E-state index in [-0.39, 0.29) is 17.9 Å². The molecule has 2 aliphatic rings. The van der Waals surface area contributed by atoms with Crippen molar-refractivity contribution in [3.8, 4) is 0 Å². The van der Waals surface area contributed by atoms with Crippen molar-refractivity contribution >= 4 is 11.8 Å². The van der Waals surface area contributed by atoms with Crippen molar-refractivity contribution in [3.63, 3.8) is 0 Å². The van der Waals surface area contributed by atoms with E-state index in [0.717, 1.165) is 32.2 Å². The van der Waals surface area contributed by atoms with Crippen molar-refractivity contribution in [2.24, 2.45) is 0 Å². The summed E-state index contributed by atoms with van der Waals surface area (Å²) < 4.78 is 0. The smallest absolute Gasteiger partial charge is 0.223 e. The molecule has 0 aromatic heterocycles. The van der Waals surface area contributed by atoms with E-state index < -0.39 is 0 Å². The minimum Gasteiger partial charge on any atom is -0.352 e. The average Bonchev–Trinajstić information content (AvgIpc) is 2.62. The normalized spacial score (nSPS) is 23.5. The van der Waals surface area contributed by atoms with Gasteiger partial charge in [0.25, 0.3) is 0 Å². The highest BCUT2D eigenvalue weighted by Crippen LogP contribution is 2.34. The molecule has 24 heavy (non-hydrogen) atoms. The van der Waals surface area contributed by atoms with Crippen LogP contribution in [0.25, 0.3) is 0 Å². The van der Waals surface area contributed by atoms with Gasteiger partial charge in [-0.05, 0) is 49.1 Å². The predicted molar refractivity (Wildman–Crippen MR) is 94.8 cm³/mol. The fourth-order valence-electron chi connectivity index (χ4n) is 4.06. The molecule has 130 valence electrons. The standard InChI is InChI=1S/C20H28N2O2/c1-2-19(23)21-17-10-6-12-22(14-17)20(24)13-16-9-5-8-15-7-3-4-11-18(15)16/h3-4,7,11,16-17H,2,5-6,8-10,12-14H2,1H3,(H,21,23)/t16-,17-/m0/s1. The molecule has 3 rings (SSSR count). The second-order valence-corrected chi connectivity index (χ2v) is 7.09. The van der Waals surface area contributed by atoms with Crippen LogP contribution in [0.5, 0.6) is 0 Å². The van der Waals surface area contributed by atoms with Gasteiger partial charge in [-0.25, -0.2) is 0 Å².